The lowest BCUT2D eigenvalue weighted by molar-refractivity contribution is -0.203. The molecule has 0 aromatic rings. The van der Waals surface area contributed by atoms with Crippen molar-refractivity contribution in [2.45, 2.75) is 31.5 Å². The third-order valence-corrected chi connectivity index (χ3v) is 3.25. The number of carbonyl (C=O) groups is 2. The summed E-state index contributed by atoms with van der Waals surface area (Å²) in [6.45, 7) is 1.68. The molecular formula is C11H17F3N2O4. The second-order valence-electron chi connectivity index (χ2n) is 4.82. The smallest absolute Gasteiger partial charge is 0.422 e. The Morgan fingerprint density at radius 2 is 1.85 bits per heavy atom. The molecule has 1 aliphatic heterocycles. The Morgan fingerprint density at radius 3 is 2.30 bits per heavy atom. The maximum absolute atomic E-state index is 12.7. The molecule has 1 rings (SSSR count). The molecule has 0 radical (unpaired) electrons. The third-order valence-electron chi connectivity index (χ3n) is 3.25. The van der Waals surface area contributed by atoms with Crippen molar-refractivity contribution in [2.75, 3.05) is 19.8 Å². The number of nitrogens with one attached hydrogen (secondary N) is 2. The molecule has 0 bridgehead atoms. The van der Waals surface area contributed by atoms with E-state index in [1.807, 2.05) is 0 Å². The van der Waals surface area contributed by atoms with Crippen molar-refractivity contribution in [3.05, 3.63) is 0 Å². The van der Waals surface area contributed by atoms with Crippen molar-refractivity contribution in [3.8, 4) is 0 Å². The van der Waals surface area contributed by atoms with Crippen LogP contribution in [0.1, 0.15) is 19.8 Å². The van der Waals surface area contributed by atoms with Gasteiger partial charge in [0.25, 0.3) is 0 Å². The van der Waals surface area contributed by atoms with Crippen molar-refractivity contribution in [3.63, 3.8) is 0 Å². The van der Waals surface area contributed by atoms with Crippen LogP contribution in [0, 0.1) is 5.92 Å². The molecule has 9 heteroatoms. The second kappa shape index (κ2) is 6.29. The van der Waals surface area contributed by atoms with E-state index < -0.39 is 23.7 Å². The van der Waals surface area contributed by atoms with Gasteiger partial charge < -0.3 is 20.5 Å². The van der Waals surface area contributed by atoms with Crippen LogP contribution in [0.2, 0.25) is 0 Å². The van der Waals surface area contributed by atoms with E-state index in [9.17, 15) is 22.8 Å². The van der Waals surface area contributed by atoms with E-state index >= 15 is 0 Å². The van der Waals surface area contributed by atoms with Gasteiger partial charge in [0.2, 0.25) is 5.54 Å². The number of ether oxygens (including phenoxy) is 1. The molecule has 3 N–H and O–H groups in total. The van der Waals surface area contributed by atoms with Gasteiger partial charge in [0.15, 0.2) is 0 Å². The second-order valence-corrected chi connectivity index (χ2v) is 4.82. The lowest BCUT2D eigenvalue weighted by atomic mass is 10.0. The van der Waals surface area contributed by atoms with Crippen LogP contribution in [0.4, 0.5) is 18.0 Å². The zero-order chi connectivity index (χ0) is 15.4. The molecule has 1 unspecified atom stereocenters. The molecule has 0 aliphatic carbocycles. The van der Waals surface area contributed by atoms with E-state index in [0.29, 0.717) is 33.0 Å². The summed E-state index contributed by atoms with van der Waals surface area (Å²) >= 11 is 0. The zero-order valence-electron chi connectivity index (χ0n) is 10.9. The summed E-state index contributed by atoms with van der Waals surface area (Å²) in [4.78, 5) is 22.2. The van der Waals surface area contributed by atoms with Crippen molar-refractivity contribution in [1.29, 1.82) is 0 Å². The number of halogens is 3. The minimum Gasteiger partial charge on any atom is -0.479 e. The molecule has 0 aromatic carbocycles. The maximum atomic E-state index is 12.7. The molecule has 1 atom stereocenters. The molecule has 1 fully saturated rings. The van der Waals surface area contributed by atoms with Gasteiger partial charge in [-0.15, -0.1) is 0 Å². The van der Waals surface area contributed by atoms with Crippen LogP contribution in [0.15, 0.2) is 0 Å². The van der Waals surface area contributed by atoms with E-state index in [1.54, 1.807) is 0 Å². The molecule has 20 heavy (non-hydrogen) atoms. The largest absolute Gasteiger partial charge is 0.479 e. The zero-order valence-corrected chi connectivity index (χ0v) is 10.9. The summed E-state index contributed by atoms with van der Waals surface area (Å²) in [5.41, 5.74) is -3.31. The monoisotopic (exact) mass is 298 g/mol. The topological polar surface area (TPSA) is 87.7 Å². The average molecular weight is 298 g/mol. The van der Waals surface area contributed by atoms with Crippen LogP contribution in [0.25, 0.3) is 0 Å². The highest BCUT2D eigenvalue weighted by atomic mass is 19.4. The summed E-state index contributed by atoms with van der Waals surface area (Å²) in [5.74, 6) is -2.04. The molecule has 6 nitrogen and oxygen atoms in total. The molecule has 1 saturated heterocycles. The lowest BCUT2D eigenvalue weighted by Gasteiger charge is -2.29. The Balaban J connectivity index is 2.52. The van der Waals surface area contributed by atoms with E-state index in [-0.39, 0.29) is 12.5 Å². The predicted molar refractivity (Wildman–Crippen MR) is 62.2 cm³/mol. The minimum atomic E-state index is -5.09. The number of hydrogen-bond donors (Lipinski definition) is 3. The molecule has 0 aromatic heterocycles. The highest BCUT2D eigenvalue weighted by molar-refractivity contribution is 5.86. The molecule has 1 aliphatic rings. The Hall–Kier alpha value is -1.51. The molecular weight excluding hydrogens is 281 g/mol. The molecule has 0 saturated carbocycles. The SMILES string of the molecule is CC(NC(=O)NCC1CCOCC1)(C(=O)O)C(F)(F)F. The van der Waals surface area contributed by atoms with Crippen LogP contribution >= 0.6 is 0 Å². The number of carboxylic acid groups (broad SMARTS) is 1. The van der Waals surface area contributed by atoms with Crippen LogP contribution in [0.3, 0.4) is 0 Å². The number of urea groups is 1. The van der Waals surface area contributed by atoms with Gasteiger partial charge in [-0.3, -0.25) is 0 Å². The van der Waals surface area contributed by atoms with Crippen LogP contribution in [0.5, 0.6) is 0 Å². The van der Waals surface area contributed by atoms with Gasteiger partial charge >= 0.3 is 18.2 Å². The number of carboxylic acids is 1. The lowest BCUT2D eigenvalue weighted by Crippen LogP contribution is -2.63. The van der Waals surface area contributed by atoms with Gasteiger partial charge in [0, 0.05) is 19.8 Å². The Kier molecular flexibility index (Phi) is 5.21. The van der Waals surface area contributed by atoms with Crippen LogP contribution in [-0.2, 0) is 9.53 Å². The summed E-state index contributed by atoms with van der Waals surface area (Å²) in [6.07, 6.45) is -3.68. The first kappa shape index (κ1) is 16.5. The summed E-state index contributed by atoms with van der Waals surface area (Å²) < 4.78 is 43.1. The summed E-state index contributed by atoms with van der Waals surface area (Å²) in [7, 11) is 0. The molecule has 1 heterocycles. The van der Waals surface area contributed by atoms with E-state index in [0.717, 1.165) is 0 Å². The highest BCUT2D eigenvalue weighted by Gasteiger charge is 2.58. The van der Waals surface area contributed by atoms with Gasteiger partial charge in [-0.25, -0.2) is 9.59 Å². The van der Waals surface area contributed by atoms with Gasteiger partial charge in [0.05, 0.1) is 0 Å². The maximum Gasteiger partial charge on any atom is 0.422 e. The summed E-state index contributed by atoms with van der Waals surface area (Å²) in [5, 5.41) is 12.4. The number of aliphatic carboxylic acids is 1. The summed E-state index contributed by atoms with van der Waals surface area (Å²) in [6, 6.07) is -1.15. The van der Waals surface area contributed by atoms with Crippen molar-refractivity contribution in [2.24, 2.45) is 5.92 Å². The molecule has 2 amide bonds. The number of rotatable bonds is 4. The first-order valence-electron chi connectivity index (χ1n) is 6.10. The van der Waals surface area contributed by atoms with Crippen LogP contribution in [-0.4, -0.2) is 48.6 Å². The molecule has 0 spiro atoms. The third kappa shape index (κ3) is 3.99. The Morgan fingerprint density at radius 1 is 1.30 bits per heavy atom. The van der Waals surface area contributed by atoms with Crippen molar-refractivity contribution < 1.29 is 32.6 Å². The van der Waals surface area contributed by atoms with Gasteiger partial charge in [-0.05, 0) is 25.7 Å². The number of hydrogen-bond acceptors (Lipinski definition) is 3. The normalized spacial score (nSPS) is 20.0. The van der Waals surface area contributed by atoms with Gasteiger partial charge in [-0.1, -0.05) is 0 Å². The van der Waals surface area contributed by atoms with Crippen molar-refractivity contribution in [1.82, 2.24) is 10.6 Å². The average Bonchev–Trinajstić information content (AvgIpc) is 2.36. The fourth-order valence-electron chi connectivity index (χ4n) is 1.70. The number of amides is 2. The van der Waals surface area contributed by atoms with E-state index in [2.05, 4.69) is 5.32 Å². The predicted octanol–water partition coefficient (Wildman–Crippen LogP) is 1.12. The fraction of sp³-hybridized carbons (Fsp3) is 0.818. The fourth-order valence-corrected chi connectivity index (χ4v) is 1.70. The minimum absolute atomic E-state index is 0.122. The Bertz CT molecular complexity index is 369. The quantitative estimate of drug-likeness (QED) is 0.725. The first-order chi connectivity index (χ1) is 9.17. The highest BCUT2D eigenvalue weighted by Crippen LogP contribution is 2.30. The standard InChI is InChI=1S/C11H17F3N2O4/c1-10(8(17)18,11(12,13)14)16-9(19)15-6-7-2-4-20-5-3-7/h7H,2-6H2,1H3,(H,17,18)(H2,15,16,19). The van der Waals surface area contributed by atoms with E-state index in [4.69, 9.17) is 9.84 Å². The van der Waals surface area contributed by atoms with E-state index in [1.165, 1.54) is 5.32 Å². The van der Waals surface area contributed by atoms with Gasteiger partial charge in [-0.2, -0.15) is 13.2 Å². The number of carbonyl (C=O) groups excluding carboxylic acids is 1. The van der Waals surface area contributed by atoms with Crippen molar-refractivity contribution >= 4 is 12.0 Å². The molecule has 116 valence electrons. The van der Waals surface area contributed by atoms with Crippen LogP contribution < -0.4 is 10.6 Å². The number of alkyl halides is 3. The Labute approximate surface area is 113 Å². The van der Waals surface area contributed by atoms with Gasteiger partial charge in [0.1, 0.15) is 0 Å². The first-order valence-corrected chi connectivity index (χ1v) is 6.10.